The quantitative estimate of drug-likeness (QED) is 0.174. The summed E-state index contributed by atoms with van der Waals surface area (Å²) in [7, 11) is -6.09. The van der Waals surface area contributed by atoms with Crippen LogP contribution in [0.5, 0.6) is 0 Å². The van der Waals surface area contributed by atoms with Crippen molar-refractivity contribution in [2.75, 3.05) is 5.32 Å². The number of benzene rings is 1. The normalized spacial score (nSPS) is 13.2. The van der Waals surface area contributed by atoms with Crippen LogP contribution >= 0.6 is 0 Å². The average molecular weight is 497 g/mol. The molecule has 0 aliphatic heterocycles. The lowest BCUT2D eigenvalue weighted by molar-refractivity contribution is -0.740. The third-order valence-electron chi connectivity index (χ3n) is 4.91. The molecule has 0 fully saturated rings. The molecule has 34 heavy (non-hydrogen) atoms. The van der Waals surface area contributed by atoms with Crippen LogP contribution in [0.1, 0.15) is 41.5 Å². The van der Waals surface area contributed by atoms with Crippen molar-refractivity contribution in [2.24, 2.45) is 0 Å². The van der Waals surface area contributed by atoms with Gasteiger partial charge in [0.2, 0.25) is 0 Å². The minimum atomic E-state index is -6.09. The predicted octanol–water partition coefficient (Wildman–Crippen LogP) is 4.95. The molecular formula is C23H27F3N4O3S. The van der Waals surface area contributed by atoms with Crippen LogP contribution in [0.25, 0.3) is 27.3 Å². The minimum Gasteiger partial charge on any atom is -0.741 e. The van der Waals surface area contributed by atoms with Gasteiger partial charge in [0.1, 0.15) is 11.0 Å². The Bertz CT molecular complexity index is 1460. The number of imidazole rings is 1. The lowest BCUT2D eigenvalue weighted by Crippen LogP contribution is -2.51. The topological polar surface area (TPSA) is 90.4 Å². The lowest BCUT2D eigenvalue weighted by atomic mass is 10.1. The predicted molar refractivity (Wildman–Crippen MR) is 125 cm³/mol. The van der Waals surface area contributed by atoms with Crippen molar-refractivity contribution >= 4 is 43.3 Å². The van der Waals surface area contributed by atoms with E-state index in [0.29, 0.717) is 0 Å². The summed E-state index contributed by atoms with van der Waals surface area (Å²) in [6, 6.07) is 12.8. The number of alkyl halides is 3. The number of nitrogens with one attached hydrogen (secondary N) is 1. The van der Waals surface area contributed by atoms with Crippen LogP contribution in [0, 0.1) is 0 Å². The van der Waals surface area contributed by atoms with Crippen molar-refractivity contribution in [1.29, 1.82) is 0 Å². The van der Waals surface area contributed by atoms with Gasteiger partial charge in [-0.3, -0.25) is 10.3 Å². The van der Waals surface area contributed by atoms with E-state index < -0.39 is 15.6 Å². The Hall–Kier alpha value is -2.92. The van der Waals surface area contributed by atoms with Crippen molar-refractivity contribution < 1.29 is 30.7 Å². The molecule has 0 atom stereocenters. The van der Waals surface area contributed by atoms with Gasteiger partial charge >= 0.3 is 5.51 Å². The van der Waals surface area contributed by atoms with Gasteiger partial charge in [-0.2, -0.15) is 13.2 Å². The van der Waals surface area contributed by atoms with Gasteiger partial charge in [-0.25, -0.2) is 17.4 Å². The number of hydrogen-bond acceptors (Lipinski definition) is 5. The molecule has 7 nitrogen and oxygen atoms in total. The zero-order valence-corrected chi connectivity index (χ0v) is 20.5. The minimum absolute atomic E-state index is 0.0270. The Morgan fingerprint density at radius 2 is 1.53 bits per heavy atom. The first kappa shape index (κ1) is 25.7. The summed E-state index contributed by atoms with van der Waals surface area (Å²) in [5, 5.41) is 6.07. The van der Waals surface area contributed by atoms with E-state index in [4.69, 9.17) is 13.0 Å². The molecule has 0 spiro atoms. The Morgan fingerprint density at radius 1 is 0.971 bits per heavy atom. The number of hydrogen-bond donors (Lipinski definition) is 1. The highest BCUT2D eigenvalue weighted by Gasteiger charge is 2.37. The van der Waals surface area contributed by atoms with Crippen LogP contribution in [-0.2, 0) is 15.7 Å². The largest absolute Gasteiger partial charge is 0.741 e. The smallest absolute Gasteiger partial charge is 0.485 e. The first-order chi connectivity index (χ1) is 15.4. The molecule has 184 valence electrons. The van der Waals surface area contributed by atoms with Crippen LogP contribution in [-0.4, -0.2) is 33.4 Å². The van der Waals surface area contributed by atoms with Crippen LogP contribution in [0.4, 0.5) is 19.0 Å². The maximum absolute atomic E-state index is 10.7. The zero-order chi connectivity index (χ0) is 25.7. The van der Waals surface area contributed by atoms with Gasteiger partial charge in [0, 0.05) is 17.0 Å². The van der Waals surface area contributed by atoms with Gasteiger partial charge < -0.3 is 4.55 Å². The van der Waals surface area contributed by atoms with Crippen molar-refractivity contribution in [3.63, 3.8) is 0 Å². The number of pyridine rings is 2. The number of aromatic nitrogens is 3. The van der Waals surface area contributed by atoms with Gasteiger partial charge in [-0.15, -0.1) is 0 Å². The molecule has 1 N–H and O–H groups in total. The van der Waals surface area contributed by atoms with Crippen LogP contribution in [0.3, 0.4) is 0 Å². The summed E-state index contributed by atoms with van der Waals surface area (Å²) < 4.78 is 63.5. The van der Waals surface area contributed by atoms with Crippen LogP contribution < -0.4 is 9.88 Å². The number of rotatable bonds is 1. The fourth-order valence-electron chi connectivity index (χ4n) is 3.50. The Balaban J connectivity index is 0.000000350. The van der Waals surface area contributed by atoms with Crippen LogP contribution in [0.15, 0.2) is 48.9 Å². The molecule has 4 rings (SSSR count). The van der Waals surface area contributed by atoms with E-state index in [9.17, 15) is 13.2 Å². The summed E-state index contributed by atoms with van der Waals surface area (Å²) in [5.41, 5.74) is -2.35. The fourth-order valence-corrected chi connectivity index (χ4v) is 3.50. The first-order valence-electron chi connectivity index (χ1n) is 10.4. The van der Waals surface area contributed by atoms with E-state index in [1.165, 1.54) is 10.9 Å². The van der Waals surface area contributed by atoms with E-state index in [0.717, 1.165) is 22.2 Å². The molecule has 0 amide bonds. The second kappa shape index (κ2) is 8.38. The number of fused-ring (bicyclic) bond motifs is 5. The maximum Gasteiger partial charge on any atom is 0.485 e. The highest BCUT2D eigenvalue weighted by molar-refractivity contribution is 7.86. The van der Waals surface area contributed by atoms with E-state index in [1.807, 2.05) is 12.3 Å². The molecule has 0 saturated carbocycles. The van der Waals surface area contributed by atoms with Crippen molar-refractivity contribution in [3.05, 3.63) is 48.9 Å². The number of halogens is 3. The lowest BCUT2D eigenvalue weighted by Gasteiger charge is -2.23. The maximum atomic E-state index is 10.7. The number of nitrogens with zero attached hydrogens (tertiary/aromatic N) is 3. The molecule has 0 bridgehead atoms. The Labute approximate surface area is 196 Å². The first-order valence-corrected chi connectivity index (χ1v) is 11.8. The van der Waals surface area contributed by atoms with Gasteiger partial charge in [-0.05, 0) is 59.7 Å². The van der Waals surface area contributed by atoms with E-state index in [1.54, 1.807) is 0 Å². The molecule has 1 aromatic carbocycles. The second-order valence-electron chi connectivity index (χ2n) is 9.95. The summed E-state index contributed by atoms with van der Waals surface area (Å²) in [6.45, 7) is 13.3. The molecule has 3 heterocycles. The van der Waals surface area contributed by atoms with E-state index in [-0.39, 0.29) is 11.1 Å². The highest BCUT2D eigenvalue weighted by Crippen LogP contribution is 2.29. The summed E-state index contributed by atoms with van der Waals surface area (Å²) in [6.07, 6.45) is 4.08. The van der Waals surface area contributed by atoms with Gasteiger partial charge in [-0.1, -0.05) is 18.2 Å². The molecule has 0 aliphatic rings. The van der Waals surface area contributed by atoms with Gasteiger partial charge in [0.05, 0.1) is 11.1 Å². The Kier molecular flexibility index (Phi) is 6.34. The summed E-state index contributed by atoms with van der Waals surface area (Å²) in [5.74, 6) is 1.14. The van der Waals surface area contributed by atoms with Crippen molar-refractivity contribution in [3.8, 4) is 0 Å². The molecule has 3 aromatic heterocycles. The third kappa shape index (κ3) is 5.25. The summed E-state index contributed by atoms with van der Waals surface area (Å²) >= 11 is 0. The second-order valence-corrected chi connectivity index (χ2v) is 11.3. The SMILES string of the molecule is CC(C)(C)Nc1c2ccc3ccc4cccnc4c3n2c[n+]1C(C)(C)C.O=S(=O)([O-])C(F)(F)F. The average Bonchev–Trinajstić information content (AvgIpc) is 3.04. The number of anilines is 1. The third-order valence-corrected chi connectivity index (χ3v) is 5.48. The zero-order valence-electron chi connectivity index (χ0n) is 19.7. The molecule has 11 heteroatoms. The van der Waals surface area contributed by atoms with Gasteiger partial charge in [0.25, 0.3) is 5.82 Å². The van der Waals surface area contributed by atoms with Crippen molar-refractivity contribution in [2.45, 2.75) is 58.1 Å². The van der Waals surface area contributed by atoms with E-state index >= 15 is 0 Å². The van der Waals surface area contributed by atoms with Crippen LogP contribution in [0.2, 0.25) is 0 Å². The van der Waals surface area contributed by atoms with Gasteiger partial charge in [0.15, 0.2) is 22.0 Å². The monoisotopic (exact) mass is 496 g/mol. The Morgan fingerprint density at radius 3 is 2.06 bits per heavy atom. The standard InChI is InChI=1S/C22H27N4.CHF3O3S/c1-21(2,3)24-20-17-12-11-16-10-9-15-8-7-13-23-18(15)19(16)25(17)14-26(20)22(4,5)6;2-1(3,4)8(5,6)7/h7-14,24H,1-6H3;(H,5,6,7)/q+1;/p-1. The van der Waals surface area contributed by atoms with E-state index in [2.05, 4.69) is 97.5 Å². The van der Waals surface area contributed by atoms with Crippen molar-refractivity contribution in [1.82, 2.24) is 9.38 Å². The highest BCUT2D eigenvalue weighted by atomic mass is 32.2. The molecule has 0 radical (unpaired) electrons. The molecular weight excluding hydrogens is 469 g/mol. The molecule has 0 aliphatic carbocycles. The molecule has 0 saturated heterocycles. The summed E-state index contributed by atoms with van der Waals surface area (Å²) in [4.78, 5) is 4.68. The molecule has 0 unspecified atom stereocenters. The molecule has 4 aromatic rings. The fraction of sp³-hybridized carbons (Fsp3) is 0.391.